The Morgan fingerprint density at radius 1 is 1.10 bits per heavy atom. The summed E-state index contributed by atoms with van der Waals surface area (Å²) in [5.74, 6) is -1.63. The minimum atomic E-state index is -3.74. The molecule has 0 aromatic heterocycles. The van der Waals surface area contributed by atoms with E-state index in [1.165, 1.54) is 30.3 Å². The van der Waals surface area contributed by atoms with Crippen LogP contribution in [0.1, 0.15) is 5.56 Å². The number of anilines is 1. The molecule has 0 saturated carbocycles. The van der Waals surface area contributed by atoms with E-state index in [0.29, 0.717) is 10.0 Å². The number of halogens is 3. The van der Waals surface area contributed by atoms with E-state index >= 15 is 0 Å². The highest BCUT2D eigenvalue weighted by Crippen LogP contribution is 2.25. The van der Waals surface area contributed by atoms with E-state index in [1.807, 2.05) is 0 Å². The van der Waals surface area contributed by atoms with Crippen molar-refractivity contribution in [2.75, 3.05) is 5.73 Å². The van der Waals surface area contributed by atoms with Gasteiger partial charge in [-0.05, 0) is 35.9 Å². The molecule has 0 spiro atoms. The number of benzene rings is 2. The largest absolute Gasteiger partial charge is 0.396 e. The highest BCUT2D eigenvalue weighted by Gasteiger charge is 2.18. The molecule has 2 rings (SSSR count). The molecule has 7 heteroatoms. The van der Waals surface area contributed by atoms with Gasteiger partial charge in [-0.1, -0.05) is 22.0 Å². The van der Waals surface area contributed by atoms with Crippen LogP contribution in [0.2, 0.25) is 0 Å². The second-order valence-corrected chi connectivity index (χ2v) is 7.02. The summed E-state index contributed by atoms with van der Waals surface area (Å²) in [5, 5.41) is 0. The molecule has 0 radical (unpaired) electrons. The molecule has 0 aliphatic heterocycles. The van der Waals surface area contributed by atoms with Gasteiger partial charge >= 0.3 is 0 Å². The summed E-state index contributed by atoms with van der Waals surface area (Å²) >= 11 is 3.10. The lowest BCUT2D eigenvalue weighted by atomic mass is 10.2. The molecule has 0 aliphatic carbocycles. The SMILES string of the molecule is Nc1ccc(S(=O)(=O)Cc2ccc(F)cc2Br)cc1F. The maximum atomic E-state index is 13.3. The minimum absolute atomic E-state index is 0.119. The average Bonchev–Trinajstić information content (AvgIpc) is 2.36. The topological polar surface area (TPSA) is 60.2 Å². The molecule has 2 aromatic rings. The molecule has 3 nitrogen and oxygen atoms in total. The molecule has 20 heavy (non-hydrogen) atoms. The van der Waals surface area contributed by atoms with Gasteiger partial charge in [-0.15, -0.1) is 0 Å². The molecule has 0 unspecified atom stereocenters. The molecule has 0 saturated heterocycles. The van der Waals surface area contributed by atoms with Gasteiger partial charge in [0.15, 0.2) is 9.84 Å². The van der Waals surface area contributed by atoms with Crippen LogP contribution in [0.25, 0.3) is 0 Å². The summed E-state index contributed by atoms with van der Waals surface area (Å²) in [7, 11) is -3.74. The van der Waals surface area contributed by atoms with Gasteiger partial charge in [-0.2, -0.15) is 0 Å². The van der Waals surface area contributed by atoms with Crippen molar-refractivity contribution in [2.24, 2.45) is 0 Å². The van der Waals surface area contributed by atoms with E-state index in [9.17, 15) is 17.2 Å². The Labute approximate surface area is 123 Å². The maximum absolute atomic E-state index is 13.3. The second kappa shape index (κ2) is 5.49. The first-order chi connectivity index (χ1) is 9.29. The zero-order chi connectivity index (χ0) is 14.9. The van der Waals surface area contributed by atoms with Crippen LogP contribution < -0.4 is 5.73 Å². The van der Waals surface area contributed by atoms with Gasteiger partial charge in [0.1, 0.15) is 11.6 Å². The van der Waals surface area contributed by atoms with Crippen LogP contribution in [0.3, 0.4) is 0 Å². The number of nitrogens with two attached hydrogens (primary N) is 1. The molecule has 0 atom stereocenters. The molecule has 0 fully saturated rings. The minimum Gasteiger partial charge on any atom is -0.396 e. The second-order valence-electron chi connectivity index (χ2n) is 4.18. The van der Waals surface area contributed by atoms with Crippen LogP contribution in [0.5, 0.6) is 0 Å². The van der Waals surface area contributed by atoms with Gasteiger partial charge in [-0.25, -0.2) is 17.2 Å². The number of sulfone groups is 1. The van der Waals surface area contributed by atoms with Crippen LogP contribution >= 0.6 is 15.9 Å². The number of nitrogen functional groups attached to an aromatic ring is 1. The first kappa shape index (κ1) is 14.9. The van der Waals surface area contributed by atoms with Gasteiger partial charge in [0.25, 0.3) is 0 Å². The molecule has 0 aliphatic rings. The fraction of sp³-hybridized carbons (Fsp3) is 0.0769. The van der Waals surface area contributed by atoms with E-state index in [4.69, 9.17) is 5.73 Å². The van der Waals surface area contributed by atoms with E-state index in [2.05, 4.69) is 15.9 Å². The van der Waals surface area contributed by atoms with Crippen molar-refractivity contribution in [3.63, 3.8) is 0 Å². The molecular formula is C13H10BrF2NO2S. The fourth-order valence-electron chi connectivity index (χ4n) is 1.63. The first-order valence-electron chi connectivity index (χ1n) is 5.51. The molecule has 2 aromatic carbocycles. The smallest absolute Gasteiger partial charge is 0.182 e. The van der Waals surface area contributed by atoms with Gasteiger partial charge < -0.3 is 5.73 Å². The van der Waals surface area contributed by atoms with Crippen LogP contribution in [0, 0.1) is 11.6 Å². The molecule has 0 heterocycles. The van der Waals surface area contributed by atoms with Crippen molar-refractivity contribution in [1.82, 2.24) is 0 Å². The van der Waals surface area contributed by atoms with Crippen molar-refractivity contribution in [3.05, 3.63) is 58.1 Å². The maximum Gasteiger partial charge on any atom is 0.182 e. The van der Waals surface area contributed by atoms with E-state index < -0.39 is 21.5 Å². The molecule has 106 valence electrons. The summed E-state index contributed by atoms with van der Waals surface area (Å²) < 4.78 is 51.0. The van der Waals surface area contributed by atoms with Crippen molar-refractivity contribution >= 4 is 31.5 Å². The quantitative estimate of drug-likeness (QED) is 0.853. The van der Waals surface area contributed by atoms with Crippen LogP contribution in [0.4, 0.5) is 14.5 Å². The monoisotopic (exact) mass is 361 g/mol. The number of hydrogen-bond acceptors (Lipinski definition) is 3. The van der Waals surface area contributed by atoms with E-state index in [1.54, 1.807) is 0 Å². The lowest BCUT2D eigenvalue weighted by Crippen LogP contribution is -2.06. The highest BCUT2D eigenvalue weighted by molar-refractivity contribution is 9.10. The van der Waals surface area contributed by atoms with Gasteiger partial charge in [-0.3, -0.25) is 0 Å². The lowest BCUT2D eigenvalue weighted by molar-refractivity contribution is 0.590. The predicted molar refractivity (Wildman–Crippen MR) is 75.8 cm³/mol. The zero-order valence-electron chi connectivity index (χ0n) is 10.1. The zero-order valence-corrected chi connectivity index (χ0v) is 12.5. The highest BCUT2D eigenvalue weighted by atomic mass is 79.9. The van der Waals surface area contributed by atoms with E-state index in [0.717, 1.165) is 6.07 Å². The summed E-state index contributed by atoms with van der Waals surface area (Å²) in [6, 6.07) is 7.02. The normalized spacial score (nSPS) is 11.6. The summed E-state index contributed by atoms with van der Waals surface area (Å²) in [6.45, 7) is 0. The standard InChI is InChI=1S/C13H10BrF2NO2S/c14-11-5-9(15)2-1-8(11)7-20(18,19)10-3-4-13(17)12(16)6-10/h1-6H,7,17H2. The fourth-order valence-corrected chi connectivity index (χ4v) is 3.69. The van der Waals surface area contributed by atoms with Crippen molar-refractivity contribution in [1.29, 1.82) is 0 Å². The van der Waals surface area contributed by atoms with Crippen molar-refractivity contribution in [2.45, 2.75) is 10.6 Å². The Morgan fingerprint density at radius 3 is 2.40 bits per heavy atom. The summed E-state index contributed by atoms with van der Waals surface area (Å²) in [4.78, 5) is -0.166. The van der Waals surface area contributed by atoms with Gasteiger partial charge in [0.05, 0.1) is 16.3 Å². The Hall–Kier alpha value is -1.47. The van der Waals surface area contributed by atoms with E-state index in [-0.39, 0.29) is 16.3 Å². The third-order valence-electron chi connectivity index (χ3n) is 2.69. The van der Waals surface area contributed by atoms with Crippen molar-refractivity contribution < 1.29 is 17.2 Å². The third-order valence-corrected chi connectivity index (χ3v) is 5.09. The van der Waals surface area contributed by atoms with Gasteiger partial charge in [0, 0.05) is 4.47 Å². The summed E-state index contributed by atoms with van der Waals surface area (Å²) in [5.41, 5.74) is 5.58. The average molecular weight is 362 g/mol. The Bertz CT molecular complexity index is 763. The Morgan fingerprint density at radius 2 is 1.80 bits per heavy atom. The van der Waals surface area contributed by atoms with Crippen LogP contribution in [0.15, 0.2) is 45.8 Å². The molecule has 0 bridgehead atoms. The van der Waals surface area contributed by atoms with Crippen LogP contribution in [-0.2, 0) is 15.6 Å². The van der Waals surface area contributed by atoms with Crippen molar-refractivity contribution in [3.8, 4) is 0 Å². The lowest BCUT2D eigenvalue weighted by Gasteiger charge is -2.07. The predicted octanol–water partition coefficient (Wildman–Crippen LogP) is 3.28. The number of rotatable bonds is 3. The Kier molecular flexibility index (Phi) is 4.10. The first-order valence-corrected chi connectivity index (χ1v) is 7.96. The van der Waals surface area contributed by atoms with Gasteiger partial charge in [0.2, 0.25) is 0 Å². The van der Waals surface area contributed by atoms with Crippen LogP contribution in [-0.4, -0.2) is 8.42 Å². The Balaban J connectivity index is 2.38. The third kappa shape index (κ3) is 3.16. The molecule has 2 N–H and O–H groups in total. The number of hydrogen-bond donors (Lipinski definition) is 1. The molecular weight excluding hydrogens is 352 g/mol. The summed E-state index contributed by atoms with van der Waals surface area (Å²) in [6.07, 6.45) is 0. The molecule has 0 amide bonds.